The van der Waals surface area contributed by atoms with Crippen molar-refractivity contribution in [3.63, 3.8) is 0 Å². The molecule has 1 aromatic carbocycles. The summed E-state index contributed by atoms with van der Waals surface area (Å²) in [4.78, 5) is 22.2. The lowest BCUT2D eigenvalue weighted by Gasteiger charge is -2.41. The van der Waals surface area contributed by atoms with E-state index in [1.54, 1.807) is 0 Å². The van der Waals surface area contributed by atoms with Crippen molar-refractivity contribution in [3.05, 3.63) is 58.7 Å². The third-order valence-corrected chi connectivity index (χ3v) is 5.64. The van der Waals surface area contributed by atoms with Crippen molar-refractivity contribution in [1.29, 1.82) is 0 Å². The molecule has 0 spiro atoms. The number of nitrogens with zero attached hydrogens (tertiary/aromatic N) is 2. The van der Waals surface area contributed by atoms with E-state index in [-0.39, 0.29) is 11.3 Å². The van der Waals surface area contributed by atoms with E-state index in [0.717, 1.165) is 43.9 Å². The standard InChI is InChI=1S/C21H26N4O/c1-15-17-9-5-6-10-18(17)25-19(24-15)12-23-20(26)21(13-22-14-21)11-16-7-3-2-4-8-16/h2-4,7-8,22H,5-6,9-14H2,1H3,(H,23,26). The zero-order valence-electron chi connectivity index (χ0n) is 15.3. The van der Waals surface area contributed by atoms with Crippen LogP contribution in [0.3, 0.4) is 0 Å². The Morgan fingerprint density at radius 2 is 1.92 bits per heavy atom. The number of hydrogen-bond donors (Lipinski definition) is 2. The molecule has 0 unspecified atom stereocenters. The molecular weight excluding hydrogens is 324 g/mol. The summed E-state index contributed by atoms with van der Waals surface area (Å²) >= 11 is 0. The van der Waals surface area contributed by atoms with Crippen LogP contribution in [0.15, 0.2) is 30.3 Å². The molecule has 0 saturated carbocycles. The minimum Gasteiger partial charge on any atom is -0.348 e. The van der Waals surface area contributed by atoms with Gasteiger partial charge in [0.15, 0.2) is 0 Å². The van der Waals surface area contributed by atoms with Gasteiger partial charge in [0.25, 0.3) is 0 Å². The fraction of sp³-hybridized carbons (Fsp3) is 0.476. The molecule has 2 aromatic rings. The summed E-state index contributed by atoms with van der Waals surface area (Å²) in [5.41, 5.74) is 4.41. The van der Waals surface area contributed by atoms with Gasteiger partial charge in [0.2, 0.25) is 5.91 Å². The Hall–Kier alpha value is -2.27. The second-order valence-corrected chi connectivity index (χ2v) is 7.59. The molecule has 2 heterocycles. The molecule has 2 aliphatic rings. The zero-order valence-corrected chi connectivity index (χ0v) is 15.3. The number of aryl methyl sites for hydroxylation is 2. The second kappa shape index (κ2) is 7.16. The molecule has 1 saturated heterocycles. The van der Waals surface area contributed by atoms with E-state index in [0.29, 0.717) is 6.54 Å². The van der Waals surface area contributed by atoms with Gasteiger partial charge in [-0.1, -0.05) is 30.3 Å². The Bertz CT molecular complexity index is 799. The van der Waals surface area contributed by atoms with E-state index in [1.165, 1.54) is 29.7 Å². The Labute approximate surface area is 154 Å². The van der Waals surface area contributed by atoms with Crippen molar-refractivity contribution in [2.45, 2.75) is 45.6 Å². The number of carbonyl (C=O) groups excluding carboxylic acids is 1. The molecular formula is C21H26N4O. The van der Waals surface area contributed by atoms with E-state index in [4.69, 9.17) is 4.98 Å². The highest BCUT2D eigenvalue weighted by Gasteiger charge is 2.44. The maximum atomic E-state index is 12.9. The first kappa shape index (κ1) is 17.2. The maximum Gasteiger partial charge on any atom is 0.229 e. The summed E-state index contributed by atoms with van der Waals surface area (Å²) in [5.74, 6) is 0.831. The smallest absolute Gasteiger partial charge is 0.229 e. The molecule has 1 fully saturated rings. The van der Waals surface area contributed by atoms with Crippen LogP contribution in [0.2, 0.25) is 0 Å². The van der Waals surface area contributed by atoms with Crippen LogP contribution in [0, 0.1) is 12.3 Å². The van der Waals surface area contributed by atoms with Crippen LogP contribution in [-0.4, -0.2) is 29.0 Å². The third kappa shape index (κ3) is 3.36. The molecule has 1 aliphatic carbocycles. The summed E-state index contributed by atoms with van der Waals surface area (Å²) in [6.07, 6.45) is 5.29. The topological polar surface area (TPSA) is 66.9 Å². The molecule has 0 bridgehead atoms. The van der Waals surface area contributed by atoms with Gasteiger partial charge in [0, 0.05) is 24.5 Å². The van der Waals surface area contributed by atoms with Crippen LogP contribution >= 0.6 is 0 Å². The summed E-state index contributed by atoms with van der Waals surface area (Å²) in [5, 5.41) is 6.35. The van der Waals surface area contributed by atoms with Gasteiger partial charge in [-0.2, -0.15) is 0 Å². The van der Waals surface area contributed by atoms with Crippen LogP contribution in [0.25, 0.3) is 0 Å². The van der Waals surface area contributed by atoms with Crippen molar-refractivity contribution in [2.75, 3.05) is 13.1 Å². The highest BCUT2D eigenvalue weighted by atomic mass is 16.2. The minimum absolute atomic E-state index is 0.0964. The maximum absolute atomic E-state index is 12.9. The second-order valence-electron chi connectivity index (χ2n) is 7.59. The molecule has 1 aliphatic heterocycles. The first-order chi connectivity index (χ1) is 12.7. The number of carbonyl (C=O) groups is 1. The van der Waals surface area contributed by atoms with Crippen molar-refractivity contribution < 1.29 is 4.79 Å². The van der Waals surface area contributed by atoms with Crippen molar-refractivity contribution in [3.8, 4) is 0 Å². The van der Waals surface area contributed by atoms with Gasteiger partial charge in [-0.05, 0) is 50.2 Å². The van der Waals surface area contributed by atoms with Gasteiger partial charge in [-0.25, -0.2) is 9.97 Å². The molecule has 0 radical (unpaired) electrons. The van der Waals surface area contributed by atoms with Crippen LogP contribution in [0.5, 0.6) is 0 Å². The Balaban J connectivity index is 1.44. The summed E-state index contributed by atoms with van der Waals surface area (Å²) < 4.78 is 0. The Morgan fingerprint density at radius 1 is 1.15 bits per heavy atom. The Kier molecular flexibility index (Phi) is 4.72. The average Bonchev–Trinajstić information content (AvgIpc) is 2.64. The van der Waals surface area contributed by atoms with E-state index in [9.17, 15) is 4.79 Å². The van der Waals surface area contributed by atoms with E-state index in [2.05, 4.69) is 34.7 Å². The molecule has 5 heteroatoms. The highest BCUT2D eigenvalue weighted by molar-refractivity contribution is 5.84. The van der Waals surface area contributed by atoms with E-state index in [1.807, 2.05) is 18.2 Å². The SMILES string of the molecule is Cc1nc(CNC(=O)C2(Cc3ccccc3)CNC2)nc2c1CCCC2. The largest absolute Gasteiger partial charge is 0.348 e. The molecule has 2 N–H and O–H groups in total. The lowest BCUT2D eigenvalue weighted by atomic mass is 9.75. The van der Waals surface area contributed by atoms with Gasteiger partial charge >= 0.3 is 0 Å². The summed E-state index contributed by atoms with van der Waals surface area (Å²) in [7, 11) is 0. The van der Waals surface area contributed by atoms with Gasteiger partial charge in [0.1, 0.15) is 5.82 Å². The Morgan fingerprint density at radius 3 is 2.65 bits per heavy atom. The normalized spacial score (nSPS) is 17.9. The molecule has 0 atom stereocenters. The number of amides is 1. The van der Waals surface area contributed by atoms with Crippen LogP contribution in [0.1, 0.15) is 41.2 Å². The fourth-order valence-corrected chi connectivity index (χ4v) is 4.05. The molecule has 136 valence electrons. The number of fused-ring (bicyclic) bond motifs is 1. The van der Waals surface area contributed by atoms with Crippen molar-refractivity contribution >= 4 is 5.91 Å². The number of hydrogen-bond acceptors (Lipinski definition) is 4. The van der Waals surface area contributed by atoms with Crippen molar-refractivity contribution in [2.24, 2.45) is 5.41 Å². The monoisotopic (exact) mass is 350 g/mol. The van der Waals surface area contributed by atoms with E-state index < -0.39 is 0 Å². The van der Waals surface area contributed by atoms with Crippen LogP contribution in [-0.2, 0) is 30.6 Å². The number of aromatic nitrogens is 2. The molecule has 26 heavy (non-hydrogen) atoms. The van der Waals surface area contributed by atoms with Crippen molar-refractivity contribution in [1.82, 2.24) is 20.6 Å². The average molecular weight is 350 g/mol. The van der Waals surface area contributed by atoms with Gasteiger partial charge in [0.05, 0.1) is 12.0 Å². The first-order valence-electron chi connectivity index (χ1n) is 9.54. The quantitative estimate of drug-likeness (QED) is 0.867. The van der Waals surface area contributed by atoms with Gasteiger partial charge in [-0.3, -0.25) is 4.79 Å². The number of rotatable bonds is 5. The number of benzene rings is 1. The zero-order chi connectivity index (χ0) is 18.0. The molecule has 5 nitrogen and oxygen atoms in total. The third-order valence-electron chi connectivity index (χ3n) is 5.64. The highest BCUT2D eigenvalue weighted by Crippen LogP contribution is 2.28. The lowest BCUT2D eigenvalue weighted by molar-refractivity contribution is -0.134. The fourth-order valence-electron chi connectivity index (χ4n) is 4.05. The number of nitrogens with one attached hydrogen (secondary N) is 2. The predicted molar refractivity (Wildman–Crippen MR) is 101 cm³/mol. The predicted octanol–water partition coefficient (Wildman–Crippen LogP) is 2.11. The molecule has 1 amide bonds. The minimum atomic E-state index is -0.357. The first-order valence-corrected chi connectivity index (χ1v) is 9.54. The summed E-state index contributed by atoms with van der Waals surface area (Å²) in [6, 6.07) is 10.2. The van der Waals surface area contributed by atoms with Gasteiger partial charge < -0.3 is 10.6 Å². The van der Waals surface area contributed by atoms with Crippen LogP contribution < -0.4 is 10.6 Å². The summed E-state index contributed by atoms with van der Waals surface area (Å²) in [6.45, 7) is 3.91. The van der Waals surface area contributed by atoms with Gasteiger partial charge in [-0.15, -0.1) is 0 Å². The lowest BCUT2D eigenvalue weighted by Crippen LogP contribution is -2.62. The van der Waals surface area contributed by atoms with E-state index >= 15 is 0 Å². The molecule has 1 aromatic heterocycles. The molecule has 4 rings (SSSR count). The van der Waals surface area contributed by atoms with Crippen LogP contribution in [0.4, 0.5) is 0 Å².